The zero-order chi connectivity index (χ0) is 9.47. The van der Waals surface area contributed by atoms with Gasteiger partial charge in [0.25, 0.3) is 0 Å². The van der Waals surface area contributed by atoms with Crippen molar-refractivity contribution in [2.75, 3.05) is 0 Å². The molecule has 0 amide bonds. The number of Topliss-reactive ketones (excluding diaryl/α,β-unsaturated/α-hetero) is 1. The van der Waals surface area contributed by atoms with Crippen LogP contribution < -0.4 is 0 Å². The zero-order valence-electron chi connectivity index (χ0n) is 8.51. The Hall–Kier alpha value is -0.370. The molecule has 0 radical (unpaired) electrons. The van der Waals surface area contributed by atoms with Gasteiger partial charge >= 0.3 is 0 Å². The van der Waals surface area contributed by atoms with Crippen molar-refractivity contribution >= 4 is 5.78 Å². The summed E-state index contributed by atoms with van der Waals surface area (Å²) in [5.41, 5.74) is 0.0364. The normalized spacial score (nSPS) is 36.2. The molecule has 74 valence electrons. The molecule has 13 heavy (non-hydrogen) atoms. The highest BCUT2D eigenvalue weighted by atomic mass is 16.5. The molecule has 0 bridgehead atoms. The lowest BCUT2D eigenvalue weighted by molar-refractivity contribution is -0.123. The minimum absolute atomic E-state index is 0.0364. The van der Waals surface area contributed by atoms with Crippen molar-refractivity contribution < 1.29 is 9.53 Å². The Balaban J connectivity index is 1.88. The number of hydrogen-bond acceptors (Lipinski definition) is 2. The molecule has 2 unspecified atom stereocenters. The van der Waals surface area contributed by atoms with Crippen molar-refractivity contribution in [2.45, 2.75) is 58.2 Å². The molecule has 0 aromatic carbocycles. The van der Waals surface area contributed by atoms with E-state index in [1.807, 2.05) is 0 Å². The minimum atomic E-state index is 0.0364. The number of rotatable bonds is 3. The molecule has 2 aliphatic rings. The fourth-order valence-electron chi connectivity index (χ4n) is 2.32. The lowest BCUT2D eigenvalue weighted by Gasteiger charge is -2.16. The first-order chi connectivity index (χ1) is 6.12. The summed E-state index contributed by atoms with van der Waals surface area (Å²) < 4.78 is 5.74. The lowest BCUT2D eigenvalue weighted by atomic mass is 9.93. The van der Waals surface area contributed by atoms with E-state index in [-0.39, 0.29) is 5.41 Å². The molecular weight excluding hydrogens is 164 g/mol. The van der Waals surface area contributed by atoms with E-state index in [0.29, 0.717) is 18.0 Å². The third-order valence-corrected chi connectivity index (χ3v) is 3.54. The Labute approximate surface area is 79.7 Å². The third-order valence-electron chi connectivity index (χ3n) is 3.54. The van der Waals surface area contributed by atoms with Crippen LogP contribution in [-0.4, -0.2) is 18.0 Å². The van der Waals surface area contributed by atoms with Crippen LogP contribution in [0.25, 0.3) is 0 Å². The molecular formula is C11H18O2. The Morgan fingerprint density at radius 1 is 1.46 bits per heavy atom. The largest absolute Gasteiger partial charge is 0.375 e. The van der Waals surface area contributed by atoms with E-state index in [4.69, 9.17) is 4.74 Å². The number of carbonyl (C=O) groups excluding carboxylic acids is 1. The van der Waals surface area contributed by atoms with Gasteiger partial charge in [0.15, 0.2) is 0 Å². The fourth-order valence-corrected chi connectivity index (χ4v) is 2.32. The fraction of sp³-hybridized carbons (Fsp3) is 0.909. The van der Waals surface area contributed by atoms with E-state index in [1.54, 1.807) is 6.92 Å². The van der Waals surface area contributed by atoms with Crippen LogP contribution in [-0.2, 0) is 9.53 Å². The zero-order valence-corrected chi connectivity index (χ0v) is 8.51. The molecule has 1 aliphatic heterocycles. The molecule has 0 aromatic heterocycles. The summed E-state index contributed by atoms with van der Waals surface area (Å²) in [7, 11) is 0. The van der Waals surface area contributed by atoms with E-state index >= 15 is 0 Å². The average molecular weight is 182 g/mol. The standard InChI is InChI=1S/C11H18O2/c1-8-3-4-10(13-8)7-11(5-6-11)9(2)12/h8,10H,3-7H2,1-2H3. The van der Waals surface area contributed by atoms with Crippen molar-refractivity contribution in [2.24, 2.45) is 5.41 Å². The molecule has 2 nitrogen and oxygen atoms in total. The van der Waals surface area contributed by atoms with Crippen molar-refractivity contribution in [3.8, 4) is 0 Å². The predicted molar refractivity (Wildman–Crippen MR) is 50.5 cm³/mol. The first kappa shape index (κ1) is 9.20. The molecule has 1 aliphatic carbocycles. The van der Waals surface area contributed by atoms with Gasteiger partial charge in [0.2, 0.25) is 0 Å². The number of hydrogen-bond donors (Lipinski definition) is 0. The lowest BCUT2D eigenvalue weighted by Crippen LogP contribution is -2.20. The first-order valence-electron chi connectivity index (χ1n) is 5.29. The van der Waals surface area contributed by atoms with Crippen molar-refractivity contribution in [1.29, 1.82) is 0 Å². The summed E-state index contributed by atoms with van der Waals surface area (Å²) in [6.07, 6.45) is 6.25. The second-order valence-electron chi connectivity index (χ2n) is 4.69. The van der Waals surface area contributed by atoms with E-state index in [1.165, 1.54) is 6.42 Å². The van der Waals surface area contributed by atoms with Crippen LogP contribution in [0, 0.1) is 5.41 Å². The summed E-state index contributed by atoms with van der Waals surface area (Å²) in [4.78, 5) is 11.3. The molecule has 0 aromatic rings. The maximum Gasteiger partial charge on any atom is 0.136 e. The van der Waals surface area contributed by atoms with Gasteiger partial charge in [-0.1, -0.05) is 0 Å². The van der Waals surface area contributed by atoms with Crippen LogP contribution in [0.2, 0.25) is 0 Å². The molecule has 2 heteroatoms. The highest BCUT2D eigenvalue weighted by Crippen LogP contribution is 2.51. The average Bonchev–Trinajstić information content (AvgIpc) is 2.72. The van der Waals surface area contributed by atoms with Crippen molar-refractivity contribution in [1.82, 2.24) is 0 Å². The maximum atomic E-state index is 11.3. The van der Waals surface area contributed by atoms with Gasteiger partial charge in [-0.3, -0.25) is 4.79 Å². The Morgan fingerprint density at radius 3 is 2.54 bits per heavy atom. The van der Waals surface area contributed by atoms with Crippen LogP contribution >= 0.6 is 0 Å². The quantitative estimate of drug-likeness (QED) is 0.669. The highest BCUT2D eigenvalue weighted by Gasteiger charge is 2.49. The summed E-state index contributed by atoms with van der Waals surface area (Å²) in [5.74, 6) is 0.371. The number of carbonyl (C=O) groups is 1. The minimum Gasteiger partial charge on any atom is -0.375 e. The summed E-state index contributed by atoms with van der Waals surface area (Å²) in [5, 5.41) is 0. The molecule has 2 rings (SSSR count). The first-order valence-corrected chi connectivity index (χ1v) is 5.29. The SMILES string of the molecule is CC(=O)C1(CC2CCC(C)O2)CC1. The van der Waals surface area contributed by atoms with Crippen LogP contribution in [0.15, 0.2) is 0 Å². The molecule has 0 spiro atoms. The van der Waals surface area contributed by atoms with Gasteiger partial charge in [0.05, 0.1) is 12.2 Å². The van der Waals surface area contributed by atoms with Gasteiger partial charge in [-0.25, -0.2) is 0 Å². The van der Waals surface area contributed by atoms with Gasteiger partial charge in [-0.15, -0.1) is 0 Å². The Bertz CT molecular complexity index is 218. The maximum absolute atomic E-state index is 11.3. The monoisotopic (exact) mass is 182 g/mol. The van der Waals surface area contributed by atoms with Gasteiger partial charge in [-0.2, -0.15) is 0 Å². The van der Waals surface area contributed by atoms with E-state index in [9.17, 15) is 4.79 Å². The van der Waals surface area contributed by atoms with E-state index < -0.39 is 0 Å². The van der Waals surface area contributed by atoms with Crippen LogP contribution in [0.3, 0.4) is 0 Å². The van der Waals surface area contributed by atoms with Crippen LogP contribution in [0.5, 0.6) is 0 Å². The van der Waals surface area contributed by atoms with Gasteiger partial charge in [0, 0.05) is 5.41 Å². The summed E-state index contributed by atoms with van der Waals surface area (Å²) >= 11 is 0. The second kappa shape index (κ2) is 3.09. The smallest absolute Gasteiger partial charge is 0.136 e. The van der Waals surface area contributed by atoms with Crippen molar-refractivity contribution in [3.05, 3.63) is 0 Å². The number of ketones is 1. The topological polar surface area (TPSA) is 26.3 Å². The van der Waals surface area contributed by atoms with Gasteiger partial charge in [-0.05, 0) is 46.0 Å². The Morgan fingerprint density at radius 2 is 2.15 bits per heavy atom. The molecule has 2 fully saturated rings. The molecule has 2 atom stereocenters. The number of ether oxygens (including phenoxy) is 1. The summed E-state index contributed by atoms with van der Waals surface area (Å²) in [6.45, 7) is 3.85. The molecule has 1 saturated carbocycles. The van der Waals surface area contributed by atoms with Crippen LogP contribution in [0.1, 0.15) is 46.0 Å². The van der Waals surface area contributed by atoms with Crippen molar-refractivity contribution in [3.63, 3.8) is 0 Å². The van der Waals surface area contributed by atoms with Crippen LogP contribution in [0.4, 0.5) is 0 Å². The van der Waals surface area contributed by atoms with E-state index in [0.717, 1.165) is 25.7 Å². The van der Waals surface area contributed by atoms with Gasteiger partial charge in [0.1, 0.15) is 5.78 Å². The summed E-state index contributed by atoms with van der Waals surface area (Å²) in [6, 6.07) is 0. The van der Waals surface area contributed by atoms with E-state index in [2.05, 4.69) is 6.92 Å². The predicted octanol–water partition coefficient (Wildman–Crippen LogP) is 2.31. The highest BCUT2D eigenvalue weighted by molar-refractivity contribution is 5.85. The molecule has 0 N–H and O–H groups in total. The Kier molecular flexibility index (Phi) is 2.18. The van der Waals surface area contributed by atoms with Gasteiger partial charge < -0.3 is 4.74 Å². The third kappa shape index (κ3) is 1.78. The molecule has 1 saturated heterocycles. The second-order valence-corrected chi connectivity index (χ2v) is 4.69. The molecule has 1 heterocycles.